The highest BCUT2D eigenvalue weighted by Crippen LogP contribution is 2.25. The molecular weight excluding hydrogens is 256 g/mol. The lowest BCUT2D eigenvalue weighted by Gasteiger charge is -2.18. The maximum Gasteiger partial charge on any atom is 0.327 e. The summed E-state index contributed by atoms with van der Waals surface area (Å²) in [4.78, 5) is 21.6. The van der Waals surface area contributed by atoms with Crippen LogP contribution in [0.15, 0.2) is 36.8 Å². The minimum atomic E-state index is -0.311. The number of amides is 2. The van der Waals surface area contributed by atoms with E-state index in [4.69, 9.17) is 4.74 Å². The fourth-order valence-electron chi connectivity index (χ4n) is 1.69. The second-order valence-corrected chi connectivity index (χ2v) is 4.26. The van der Waals surface area contributed by atoms with E-state index < -0.39 is 0 Å². The highest BCUT2D eigenvalue weighted by Gasteiger charge is 2.14. The second-order valence-electron chi connectivity index (χ2n) is 4.26. The van der Waals surface area contributed by atoms with Crippen molar-refractivity contribution in [1.82, 2.24) is 9.97 Å². The van der Waals surface area contributed by atoms with Gasteiger partial charge in [-0.1, -0.05) is 6.07 Å². The molecule has 1 aromatic carbocycles. The maximum absolute atomic E-state index is 12.2. The van der Waals surface area contributed by atoms with Crippen LogP contribution in [0, 0.1) is 6.92 Å². The molecule has 6 heteroatoms. The molecule has 104 valence electrons. The summed E-state index contributed by atoms with van der Waals surface area (Å²) in [7, 11) is 3.19. The molecule has 0 saturated carbocycles. The number of carbonyl (C=O) groups excluding carboxylic acids is 1. The lowest BCUT2D eigenvalue weighted by molar-refractivity contribution is 0.257. The number of rotatable bonds is 3. The van der Waals surface area contributed by atoms with Gasteiger partial charge in [0.15, 0.2) is 5.82 Å². The molecule has 0 radical (unpaired) electrons. The number of hydrogen-bond acceptors (Lipinski definition) is 4. The minimum absolute atomic E-state index is 0.311. The first-order chi connectivity index (χ1) is 9.61. The van der Waals surface area contributed by atoms with E-state index >= 15 is 0 Å². The zero-order valence-corrected chi connectivity index (χ0v) is 11.6. The number of nitrogens with one attached hydrogen (secondary N) is 1. The van der Waals surface area contributed by atoms with Crippen LogP contribution in [0.2, 0.25) is 0 Å². The van der Waals surface area contributed by atoms with Gasteiger partial charge in [-0.05, 0) is 24.6 Å². The summed E-state index contributed by atoms with van der Waals surface area (Å²) >= 11 is 0. The number of aryl methyl sites for hydroxylation is 1. The van der Waals surface area contributed by atoms with Gasteiger partial charge in [0.05, 0.1) is 19.0 Å². The Morgan fingerprint density at radius 2 is 2.15 bits per heavy atom. The van der Waals surface area contributed by atoms with E-state index in [9.17, 15) is 4.79 Å². The number of urea groups is 1. The minimum Gasteiger partial charge on any atom is -0.495 e. The average molecular weight is 272 g/mol. The van der Waals surface area contributed by atoms with Crippen LogP contribution in [-0.4, -0.2) is 30.2 Å². The molecule has 0 saturated heterocycles. The van der Waals surface area contributed by atoms with E-state index in [2.05, 4.69) is 15.3 Å². The highest BCUT2D eigenvalue weighted by atomic mass is 16.5. The van der Waals surface area contributed by atoms with E-state index in [1.807, 2.05) is 25.1 Å². The number of anilines is 2. The van der Waals surface area contributed by atoms with Gasteiger partial charge in [0, 0.05) is 19.4 Å². The summed E-state index contributed by atoms with van der Waals surface area (Å²) in [6.07, 6.45) is 4.61. The summed E-state index contributed by atoms with van der Waals surface area (Å²) in [5.41, 5.74) is 1.65. The van der Waals surface area contributed by atoms with Gasteiger partial charge >= 0.3 is 6.03 Å². The molecule has 2 rings (SSSR count). The first-order valence-electron chi connectivity index (χ1n) is 6.07. The summed E-state index contributed by atoms with van der Waals surface area (Å²) in [5.74, 6) is 1.08. The molecule has 0 spiro atoms. The fraction of sp³-hybridized carbons (Fsp3) is 0.214. The van der Waals surface area contributed by atoms with Crippen molar-refractivity contribution < 1.29 is 9.53 Å². The van der Waals surface area contributed by atoms with Gasteiger partial charge in [0.1, 0.15) is 5.75 Å². The summed E-state index contributed by atoms with van der Waals surface area (Å²) in [6.45, 7) is 1.95. The molecule has 0 atom stereocenters. The first kappa shape index (κ1) is 13.8. The molecule has 20 heavy (non-hydrogen) atoms. The third-order valence-corrected chi connectivity index (χ3v) is 2.79. The van der Waals surface area contributed by atoms with Crippen molar-refractivity contribution in [2.24, 2.45) is 0 Å². The van der Waals surface area contributed by atoms with E-state index in [1.54, 1.807) is 20.4 Å². The molecule has 1 heterocycles. The summed E-state index contributed by atoms with van der Waals surface area (Å²) in [6, 6.07) is 5.27. The number of benzene rings is 1. The van der Waals surface area contributed by atoms with Crippen molar-refractivity contribution in [3.63, 3.8) is 0 Å². The van der Waals surface area contributed by atoms with Gasteiger partial charge in [-0.3, -0.25) is 9.88 Å². The Balaban J connectivity index is 2.18. The average Bonchev–Trinajstić information content (AvgIpc) is 2.47. The first-order valence-corrected chi connectivity index (χ1v) is 6.07. The number of methoxy groups -OCH3 is 1. The van der Waals surface area contributed by atoms with Crippen LogP contribution in [0.5, 0.6) is 5.75 Å². The lowest BCUT2D eigenvalue weighted by Crippen LogP contribution is -2.32. The van der Waals surface area contributed by atoms with Crippen LogP contribution in [0.3, 0.4) is 0 Å². The van der Waals surface area contributed by atoms with Crippen LogP contribution >= 0.6 is 0 Å². The molecule has 0 unspecified atom stereocenters. The Kier molecular flexibility index (Phi) is 4.14. The smallest absolute Gasteiger partial charge is 0.327 e. The van der Waals surface area contributed by atoms with E-state index in [1.165, 1.54) is 17.3 Å². The van der Waals surface area contributed by atoms with Gasteiger partial charge < -0.3 is 10.1 Å². The normalized spacial score (nSPS) is 9.95. The number of aromatic nitrogens is 2. The second kappa shape index (κ2) is 6.01. The number of nitrogens with zero attached hydrogens (tertiary/aromatic N) is 3. The van der Waals surface area contributed by atoms with Crippen LogP contribution in [0.1, 0.15) is 5.56 Å². The van der Waals surface area contributed by atoms with Crippen molar-refractivity contribution in [2.75, 3.05) is 24.4 Å². The SMILES string of the molecule is COc1ccc(C)cc1NC(=O)N(C)c1cnccn1. The van der Waals surface area contributed by atoms with Gasteiger partial charge in [-0.25, -0.2) is 9.78 Å². The quantitative estimate of drug-likeness (QED) is 0.932. The van der Waals surface area contributed by atoms with Crippen LogP contribution in [0.25, 0.3) is 0 Å². The number of carbonyl (C=O) groups is 1. The molecule has 0 aliphatic carbocycles. The third-order valence-electron chi connectivity index (χ3n) is 2.79. The number of ether oxygens (including phenoxy) is 1. The molecule has 2 amide bonds. The van der Waals surface area contributed by atoms with Crippen molar-refractivity contribution in [2.45, 2.75) is 6.92 Å². The third kappa shape index (κ3) is 3.03. The molecule has 1 aromatic heterocycles. The summed E-state index contributed by atoms with van der Waals surface area (Å²) < 4.78 is 5.23. The highest BCUT2D eigenvalue weighted by molar-refractivity contribution is 6.01. The van der Waals surface area contributed by atoms with E-state index in [0.717, 1.165) is 5.56 Å². The van der Waals surface area contributed by atoms with E-state index in [0.29, 0.717) is 17.3 Å². The zero-order chi connectivity index (χ0) is 14.5. The number of hydrogen-bond donors (Lipinski definition) is 1. The molecule has 0 aliphatic rings. The van der Waals surface area contributed by atoms with Crippen molar-refractivity contribution >= 4 is 17.5 Å². The van der Waals surface area contributed by atoms with Crippen molar-refractivity contribution in [1.29, 1.82) is 0 Å². The fourth-order valence-corrected chi connectivity index (χ4v) is 1.69. The predicted molar refractivity (Wildman–Crippen MR) is 77.2 cm³/mol. The maximum atomic E-state index is 12.2. The molecular formula is C14H16N4O2. The van der Waals surface area contributed by atoms with Gasteiger partial charge in [0.25, 0.3) is 0 Å². The van der Waals surface area contributed by atoms with Crippen LogP contribution < -0.4 is 15.0 Å². The largest absolute Gasteiger partial charge is 0.495 e. The Bertz CT molecular complexity index is 601. The van der Waals surface area contributed by atoms with Gasteiger partial charge in [0.2, 0.25) is 0 Å². The Morgan fingerprint density at radius 1 is 1.35 bits per heavy atom. The Morgan fingerprint density at radius 3 is 2.80 bits per heavy atom. The molecule has 0 bridgehead atoms. The van der Waals surface area contributed by atoms with Crippen molar-refractivity contribution in [3.05, 3.63) is 42.4 Å². The lowest BCUT2D eigenvalue weighted by atomic mass is 10.2. The molecule has 0 fully saturated rings. The molecule has 2 aromatic rings. The Labute approximate surface area is 117 Å². The Hall–Kier alpha value is -2.63. The van der Waals surface area contributed by atoms with Crippen molar-refractivity contribution in [3.8, 4) is 5.75 Å². The monoisotopic (exact) mass is 272 g/mol. The molecule has 1 N–H and O–H groups in total. The molecule has 0 aliphatic heterocycles. The van der Waals surface area contributed by atoms with Crippen LogP contribution in [0.4, 0.5) is 16.3 Å². The zero-order valence-electron chi connectivity index (χ0n) is 11.6. The predicted octanol–water partition coefficient (Wildman–Crippen LogP) is 2.46. The van der Waals surface area contributed by atoms with Gasteiger partial charge in [-0.15, -0.1) is 0 Å². The summed E-state index contributed by atoms with van der Waals surface area (Å²) in [5, 5.41) is 2.79. The topological polar surface area (TPSA) is 67.3 Å². The van der Waals surface area contributed by atoms with Gasteiger partial charge in [-0.2, -0.15) is 0 Å². The van der Waals surface area contributed by atoms with E-state index in [-0.39, 0.29) is 6.03 Å². The standard InChI is InChI=1S/C14H16N4O2/c1-10-4-5-12(20-3)11(8-10)17-14(19)18(2)13-9-15-6-7-16-13/h4-9H,1-3H3,(H,17,19). The van der Waals surface area contributed by atoms with Crippen LogP contribution in [-0.2, 0) is 0 Å². The molecule has 6 nitrogen and oxygen atoms in total.